The number of benzene rings is 1. The number of hydrogen-bond donors (Lipinski definition) is 3. The van der Waals surface area contributed by atoms with Gasteiger partial charge in [-0.3, -0.25) is 14.9 Å². The molecular weight excluding hydrogens is 317 g/mol. The summed E-state index contributed by atoms with van der Waals surface area (Å²) in [4.78, 5) is 23.0. The van der Waals surface area contributed by atoms with Gasteiger partial charge in [-0.25, -0.2) is 4.39 Å². The van der Waals surface area contributed by atoms with Crippen molar-refractivity contribution in [3.8, 4) is 0 Å². The summed E-state index contributed by atoms with van der Waals surface area (Å²) in [7, 11) is 0. The van der Waals surface area contributed by atoms with Crippen LogP contribution in [0, 0.1) is 12.7 Å². The number of hydrogen-bond acceptors (Lipinski definition) is 3. The monoisotopic (exact) mass is 329 g/mol. The molecule has 102 valence electrons. The number of aryl methyl sites for hydroxylation is 1. The second-order valence-electron chi connectivity index (χ2n) is 4.31. The summed E-state index contributed by atoms with van der Waals surface area (Å²) >= 11 is 3.08. The van der Waals surface area contributed by atoms with Crippen LogP contribution in [0.3, 0.4) is 0 Å². The van der Waals surface area contributed by atoms with Crippen molar-refractivity contribution in [3.05, 3.63) is 28.0 Å². The molecule has 0 bridgehead atoms. The number of nitrogens with one attached hydrogen (secondary N) is 3. The SMILES string of the molecule is Cc1cc(F)c(Br)cc1NC(=O)C1CNC(=O)CN1. The van der Waals surface area contributed by atoms with Crippen molar-refractivity contribution in [2.75, 3.05) is 18.4 Å². The first-order valence-electron chi connectivity index (χ1n) is 5.74. The molecule has 1 fully saturated rings. The fourth-order valence-corrected chi connectivity index (χ4v) is 2.10. The summed E-state index contributed by atoms with van der Waals surface area (Å²) in [5.41, 5.74) is 1.17. The number of halogens is 2. The van der Waals surface area contributed by atoms with Crippen LogP contribution in [0.4, 0.5) is 10.1 Å². The van der Waals surface area contributed by atoms with Crippen LogP contribution in [0.25, 0.3) is 0 Å². The topological polar surface area (TPSA) is 70.2 Å². The Hall–Kier alpha value is -1.47. The number of carbonyl (C=O) groups excluding carboxylic acids is 2. The van der Waals surface area contributed by atoms with E-state index in [1.165, 1.54) is 12.1 Å². The Bertz CT molecular complexity index is 526. The maximum Gasteiger partial charge on any atom is 0.243 e. The highest BCUT2D eigenvalue weighted by atomic mass is 79.9. The van der Waals surface area contributed by atoms with Crippen molar-refractivity contribution in [1.29, 1.82) is 0 Å². The van der Waals surface area contributed by atoms with Crippen molar-refractivity contribution < 1.29 is 14.0 Å². The van der Waals surface area contributed by atoms with Gasteiger partial charge < -0.3 is 10.6 Å². The first kappa shape index (κ1) is 14.0. The average molecular weight is 330 g/mol. The van der Waals surface area contributed by atoms with Crippen molar-refractivity contribution in [1.82, 2.24) is 10.6 Å². The summed E-state index contributed by atoms with van der Waals surface area (Å²) in [6, 6.07) is 2.38. The Balaban J connectivity index is 2.07. The maximum absolute atomic E-state index is 13.3. The molecule has 1 saturated heterocycles. The molecule has 0 spiro atoms. The molecule has 5 nitrogen and oxygen atoms in total. The van der Waals surface area contributed by atoms with Gasteiger partial charge in [-0.2, -0.15) is 0 Å². The lowest BCUT2D eigenvalue weighted by Crippen LogP contribution is -2.56. The minimum Gasteiger partial charge on any atom is -0.353 e. The van der Waals surface area contributed by atoms with Gasteiger partial charge in [0.2, 0.25) is 11.8 Å². The van der Waals surface area contributed by atoms with Gasteiger partial charge in [-0.1, -0.05) is 0 Å². The Morgan fingerprint density at radius 1 is 1.53 bits per heavy atom. The minimum absolute atomic E-state index is 0.115. The Morgan fingerprint density at radius 2 is 2.26 bits per heavy atom. The van der Waals surface area contributed by atoms with Crippen LogP contribution in [0.5, 0.6) is 0 Å². The molecular formula is C12H13BrFN3O2. The summed E-state index contributed by atoms with van der Waals surface area (Å²) in [6.45, 7) is 2.07. The highest BCUT2D eigenvalue weighted by Gasteiger charge is 2.24. The number of anilines is 1. The summed E-state index contributed by atoms with van der Waals surface area (Å²) in [6.07, 6.45) is 0. The molecule has 1 atom stereocenters. The van der Waals surface area contributed by atoms with Crippen LogP contribution < -0.4 is 16.0 Å². The van der Waals surface area contributed by atoms with Gasteiger partial charge in [-0.05, 0) is 40.5 Å². The van der Waals surface area contributed by atoms with E-state index in [1.54, 1.807) is 6.92 Å². The first-order chi connectivity index (χ1) is 8.97. The molecule has 0 radical (unpaired) electrons. The molecule has 0 aliphatic carbocycles. The van der Waals surface area contributed by atoms with E-state index < -0.39 is 6.04 Å². The molecule has 0 aromatic heterocycles. The summed E-state index contributed by atoms with van der Waals surface area (Å²) in [5, 5.41) is 8.14. The smallest absolute Gasteiger partial charge is 0.243 e. The van der Waals surface area contributed by atoms with E-state index in [4.69, 9.17) is 0 Å². The minimum atomic E-state index is -0.485. The van der Waals surface area contributed by atoms with Gasteiger partial charge in [0.05, 0.1) is 11.0 Å². The van der Waals surface area contributed by atoms with Crippen LogP contribution in [0.15, 0.2) is 16.6 Å². The number of piperazine rings is 1. The largest absolute Gasteiger partial charge is 0.353 e. The number of amides is 2. The van der Waals surface area contributed by atoms with E-state index in [1.807, 2.05) is 0 Å². The molecule has 3 N–H and O–H groups in total. The predicted molar refractivity (Wildman–Crippen MR) is 72.3 cm³/mol. The molecule has 0 saturated carbocycles. The zero-order chi connectivity index (χ0) is 14.0. The third-order valence-electron chi connectivity index (χ3n) is 2.85. The molecule has 2 amide bonds. The fourth-order valence-electron chi connectivity index (χ4n) is 1.75. The van der Waals surface area contributed by atoms with E-state index >= 15 is 0 Å². The van der Waals surface area contributed by atoms with Gasteiger partial charge >= 0.3 is 0 Å². The molecule has 7 heteroatoms. The van der Waals surface area contributed by atoms with E-state index in [2.05, 4.69) is 31.9 Å². The molecule has 19 heavy (non-hydrogen) atoms. The van der Waals surface area contributed by atoms with E-state index in [-0.39, 0.29) is 30.7 Å². The van der Waals surface area contributed by atoms with Crippen LogP contribution in [-0.2, 0) is 9.59 Å². The second kappa shape index (κ2) is 5.66. The third-order valence-corrected chi connectivity index (χ3v) is 3.46. The molecule has 1 aromatic carbocycles. The Labute approximate surface area is 118 Å². The quantitative estimate of drug-likeness (QED) is 0.755. The highest BCUT2D eigenvalue weighted by Crippen LogP contribution is 2.24. The highest BCUT2D eigenvalue weighted by molar-refractivity contribution is 9.10. The number of rotatable bonds is 2. The second-order valence-corrected chi connectivity index (χ2v) is 5.16. The van der Waals surface area contributed by atoms with Crippen molar-refractivity contribution in [3.63, 3.8) is 0 Å². The van der Waals surface area contributed by atoms with Gasteiger partial charge in [0.1, 0.15) is 11.9 Å². The Morgan fingerprint density at radius 3 is 2.89 bits per heavy atom. The van der Waals surface area contributed by atoms with Gasteiger partial charge in [0, 0.05) is 12.2 Å². The van der Waals surface area contributed by atoms with Crippen LogP contribution >= 0.6 is 15.9 Å². The standard InChI is InChI=1S/C12H13BrFN3O2/c1-6-2-8(14)7(13)3-9(6)17-12(19)10-4-16-11(18)5-15-10/h2-3,10,15H,4-5H2,1H3,(H,16,18)(H,17,19). The van der Waals surface area contributed by atoms with Crippen LogP contribution in [-0.4, -0.2) is 30.9 Å². The molecule has 1 unspecified atom stereocenters. The average Bonchev–Trinajstić information content (AvgIpc) is 2.36. The number of carbonyl (C=O) groups is 2. The molecule has 2 rings (SSSR count). The molecule has 1 heterocycles. The zero-order valence-electron chi connectivity index (χ0n) is 10.2. The molecule has 1 aliphatic heterocycles. The lowest BCUT2D eigenvalue weighted by atomic mass is 10.1. The lowest BCUT2D eigenvalue weighted by Gasteiger charge is -2.23. The normalized spacial score (nSPS) is 18.9. The molecule has 1 aromatic rings. The van der Waals surface area contributed by atoms with E-state index in [9.17, 15) is 14.0 Å². The maximum atomic E-state index is 13.3. The predicted octanol–water partition coefficient (Wildman–Crippen LogP) is 0.923. The molecule has 1 aliphatic rings. The Kier molecular flexibility index (Phi) is 4.16. The van der Waals surface area contributed by atoms with E-state index in [0.717, 1.165) is 0 Å². The summed E-state index contributed by atoms with van der Waals surface area (Å²) < 4.78 is 13.6. The van der Waals surface area contributed by atoms with Crippen LogP contribution in [0.1, 0.15) is 5.56 Å². The van der Waals surface area contributed by atoms with Crippen LogP contribution in [0.2, 0.25) is 0 Å². The van der Waals surface area contributed by atoms with E-state index in [0.29, 0.717) is 15.7 Å². The lowest BCUT2D eigenvalue weighted by molar-refractivity contribution is -0.124. The van der Waals surface area contributed by atoms with Crippen molar-refractivity contribution in [2.24, 2.45) is 0 Å². The van der Waals surface area contributed by atoms with Crippen molar-refractivity contribution in [2.45, 2.75) is 13.0 Å². The van der Waals surface area contributed by atoms with Gasteiger partial charge in [0.25, 0.3) is 0 Å². The zero-order valence-corrected chi connectivity index (χ0v) is 11.8. The first-order valence-corrected chi connectivity index (χ1v) is 6.53. The fraction of sp³-hybridized carbons (Fsp3) is 0.333. The third kappa shape index (κ3) is 3.30. The van der Waals surface area contributed by atoms with Gasteiger partial charge in [0.15, 0.2) is 0 Å². The van der Waals surface area contributed by atoms with Crippen molar-refractivity contribution >= 4 is 33.4 Å². The summed E-state index contributed by atoms with van der Waals surface area (Å²) in [5.74, 6) is -0.773. The van der Waals surface area contributed by atoms with Gasteiger partial charge in [-0.15, -0.1) is 0 Å².